The number of carbonyl (C=O) groups excluding carboxylic acids is 1. The van der Waals surface area contributed by atoms with Crippen LogP contribution in [0.2, 0.25) is 0 Å². The van der Waals surface area contributed by atoms with Gasteiger partial charge >= 0.3 is 6.03 Å². The summed E-state index contributed by atoms with van der Waals surface area (Å²) >= 11 is 0. The van der Waals surface area contributed by atoms with Crippen LogP contribution < -0.4 is 5.32 Å². The van der Waals surface area contributed by atoms with Crippen LogP contribution in [0.4, 0.5) is 4.79 Å². The van der Waals surface area contributed by atoms with E-state index in [2.05, 4.69) is 16.9 Å². The number of imidazole rings is 1. The lowest BCUT2D eigenvalue weighted by atomic mass is 10.2. The van der Waals surface area contributed by atoms with Crippen molar-refractivity contribution in [1.82, 2.24) is 19.8 Å². The number of aromatic nitrogens is 2. The largest absolute Gasteiger partial charge is 0.338 e. The van der Waals surface area contributed by atoms with Crippen molar-refractivity contribution in [3.05, 3.63) is 60.4 Å². The fourth-order valence-electron chi connectivity index (χ4n) is 2.87. The van der Waals surface area contributed by atoms with Gasteiger partial charge in [0.1, 0.15) is 0 Å². The Morgan fingerprint density at radius 1 is 1.32 bits per heavy atom. The maximum absolute atomic E-state index is 13.0. The fourth-order valence-corrected chi connectivity index (χ4v) is 4.37. The normalized spacial score (nSPS) is 11.4. The SMILES string of the molecule is C=CCn1c(CN(C(=O)NCC)C(C)C)cnc1S(=O)(=O)Cc1ccccc1. The fraction of sp³-hybridized carbons (Fsp3) is 0.400. The van der Waals surface area contributed by atoms with Gasteiger partial charge in [0, 0.05) is 19.1 Å². The molecule has 7 nitrogen and oxygen atoms in total. The molecule has 2 rings (SSSR count). The van der Waals surface area contributed by atoms with Crippen LogP contribution >= 0.6 is 0 Å². The standard InChI is InChI=1S/C20H28N4O3S/c1-5-12-23-18(14-24(16(3)4)19(25)21-6-2)13-22-20(23)28(26,27)15-17-10-8-7-9-11-17/h5,7-11,13,16H,1,6,12,14-15H2,2-4H3,(H,21,25). The van der Waals surface area contributed by atoms with E-state index in [0.29, 0.717) is 24.3 Å². The van der Waals surface area contributed by atoms with E-state index in [1.54, 1.807) is 39.8 Å². The van der Waals surface area contributed by atoms with Crippen molar-refractivity contribution < 1.29 is 13.2 Å². The first-order chi connectivity index (χ1) is 13.3. The van der Waals surface area contributed by atoms with Gasteiger partial charge in [-0.05, 0) is 26.3 Å². The lowest BCUT2D eigenvalue weighted by Crippen LogP contribution is -2.43. The van der Waals surface area contributed by atoms with Gasteiger partial charge in [-0.1, -0.05) is 36.4 Å². The zero-order chi connectivity index (χ0) is 20.7. The van der Waals surface area contributed by atoms with Gasteiger partial charge in [-0.25, -0.2) is 18.2 Å². The molecule has 0 atom stereocenters. The first kappa shape index (κ1) is 21.7. The summed E-state index contributed by atoms with van der Waals surface area (Å²) in [7, 11) is -3.65. The molecule has 0 spiro atoms. The van der Waals surface area contributed by atoms with Crippen LogP contribution in [-0.2, 0) is 28.7 Å². The van der Waals surface area contributed by atoms with Crippen molar-refractivity contribution in [2.24, 2.45) is 0 Å². The van der Waals surface area contributed by atoms with E-state index in [1.165, 1.54) is 6.20 Å². The molecule has 0 saturated carbocycles. The number of hydrogen-bond acceptors (Lipinski definition) is 4. The highest BCUT2D eigenvalue weighted by atomic mass is 32.2. The minimum Gasteiger partial charge on any atom is -0.338 e. The summed E-state index contributed by atoms with van der Waals surface area (Å²) < 4.78 is 27.5. The number of sulfone groups is 1. The lowest BCUT2D eigenvalue weighted by Gasteiger charge is -2.27. The zero-order valence-corrected chi connectivity index (χ0v) is 17.4. The van der Waals surface area contributed by atoms with E-state index in [4.69, 9.17) is 0 Å². The van der Waals surface area contributed by atoms with Crippen LogP contribution in [0.3, 0.4) is 0 Å². The van der Waals surface area contributed by atoms with Crippen molar-refractivity contribution >= 4 is 15.9 Å². The summed E-state index contributed by atoms with van der Waals surface area (Å²) in [6.07, 6.45) is 3.15. The summed E-state index contributed by atoms with van der Waals surface area (Å²) in [5, 5.41) is 2.78. The molecule has 0 aliphatic heterocycles. The Morgan fingerprint density at radius 2 is 2.00 bits per heavy atom. The van der Waals surface area contributed by atoms with E-state index in [0.717, 1.165) is 0 Å². The molecular weight excluding hydrogens is 376 g/mol. The molecule has 0 bridgehead atoms. The van der Waals surface area contributed by atoms with Gasteiger partial charge in [-0.3, -0.25) is 0 Å². The Hall–Kier alpha value is -2.61. The van der Waals surface area contributed by atoms with Crippen LogP contribution in [0.15, 0.2) is 54.3 Å². The number of nitrogens with zero attached hydrogens (tertiary/aromatic N) is 3. The maximum Gasteiger partial charge on any atom is 0.317 e. The number of amides is 2. The summed E-state index contributed by atoms with van der Waals surface area (Å²) in [5.74, 6) is -0.133. The highest BCUT2D eigenvalue weighted by Crippen LogP contribution is 2.19. The Balaban J connectivity index is 2.37. The smallest absolute Gasteiger partial charge is 0.317 e. The van der Waals surface area contributed by atoms with Gasteiger partial charge in [0.15, 0.2) is 0 Å². The molecule has 1 N–H and O–H groups in total. The van der Waals surface area contributed by atoms with E-state index in [1.807, 2.05) is 26.8 Å². The predicted octanol–water partition coefficient (Wildman–Crippen LogP) is 2.98. The number of carbonyl (C=O) groups is 1. The summed E-state index contributed by atoms with van der Waals surface area (Å²) in [4.78, 5) is 18.2. The molecule has 28 heavy (non-hydrogen) atoms. The minimum atomic E-state index is -3.65. The van der Waals surface area contributed by atoms with Gasteiger partial charge in [-0.2, -0.15) is 0 Å². The van der Waals surface area contributed by atoms with Crippen LogP contribution in [0.5, 0.6) is 0 Å². The van der Waals surface area contributed by atoms with Crippen molar-refractivity contribution in [1.29, 1.82) is 0 Å². The van der Waals surface area contributed by atoms with Gasteiger partial charge in [0.2, 0.25) is 15.0 Å². The third-order valence-corrected chi connectivity index (χ3v) is 5.83. The quantitative estimate of drug-likeness (QED) is 0.651. The zero-order valence-electron chi connectivity index (χ0n) is 16.6. The number of nitrogens with one attached hydrogen (secondary N) is 1. The first-order valence-electron chi connectivity index (χ1n) is 9.26. The molecule has 2 aromatic rings. The Morgan fingerprint density at radius 3 is 2.57 bits per heavy atom. The Kier molecular flexibility index (Phi) is 7.39. The van der Waals surface area contributed by atoms with Crippen molar-refractivity contribution in [3.63, 3.8) is 0 Å². The number of rotatable bonds is 9. The second-order valence-corrected chi connectivity index (χ2v) is 8.62. The molecule has 152 valence electrons. The molecule has 0 aliphatic carbocycles. The van der Waals surface area contributed by atoms with Crippen LogP contribution in [0, 0.1) is 0 Å². The summed E-state index contributed by atoms with van der Waals surface area (Å²) in [6.45, 7) is 10.5. The number of urea groups is 1. The molecule has 1 aromatic heterocycles. The molecular formula is C20H28N4O3S. The average molecular weight is 405 g/mol. The third-order valence-electron chi connectivity index (χ3n) is 4.24. The molecule has 0 unspecified atom stereocenters. The third kappa shape index (κ3) is 5.22. The first-order valence-corrected chi connectivity index (χ1v) is 10.9. The van der Waals surface area contributed by atoms with Gasteiger partial charge < -0.3 is 14.8 Å². The Bertz CT molecular complexity index is 905. The molecule has 1 heterocycles. The number of hydrogen-bond donors (Lipinski definition) is 1. The molecule has 0 radical (unpaired) electrons. The molecule has 1 aromatic carbocycles. The summed E-state index contributed by atoms with van der Waals surface area (Å²) in [6, 6.07) is 8.75. The maximum atomic E-state index is 13.0. The highest BCUT2D eigenvalue weighted by Gasteiger charge is 2.25. The number of allylic oxidation sites excluding steroid dienone is 1. The van der Waals surface area contributed by atoms with Gasteiger partial charge in [-0.15, -0.1) is 6.58 Å². The monoisotopic (exact) mass is 404 g/mol. The predicted molar refractivity (Wildman–Crippen MR) is 110 cm³/mol. The van der Waals surface area contributed by atoms with E-state index in [-0.39, 0.29) is 29.5 Å². The lowest BCUT2D eigenvalue weighted by molar-refractivity contribution is 0.178. The van der Waals surface area contributed by atoms with Crippen LogP contribution in [0.1, 0.15) is 32.0 Å². The van der Waals surface area contributed by atoms with Gasteiger partial charge in [0.25, 0.3) is 0 Å². The van der Waals surface area contributed by atoms with Crippen LogP contribution in [0.25, 0.3) is 0 Å². The second kappa shape index (κ2) is 9.54. The molecule has 2 amide bonds. The topological polar surface area (TPSA) is 84.3 Å². The molecule has 0 aliphatic rings. The minimum absolute atomic E-state index is 0.00846. The Labute approximate surface area is 167 Å². The molecule has 8 heteroatoms. The van der Waals surface area contributed by atoms with Crippen molar-refractivity contribution in [2.45, 2.75) is 50.8 Å². The van der Waals surface area contributed by atoms with E-state index in [9.17, 15) is 13.2 Å². The van der Waals surface area contributed by atoms with E-state index < -0.39 is 9.84 Å². The second-order valence-electron chi connectivity index (χ2n) is 6.73. The highest BCUT2D eigenvalue weighted by molar-refractivity contribution is 7.90. The molecule has 0 fully saturated rings. The van der Waals surface area contributed by atoms with Gasteiger partial charge in [0.05, 0.1) is 24.2 Å². The van der Waals surface area contributed by atoms with Crippen molar-refractivity contribution in [2.75, 3.05) is 6.54 Å². The average Bonchev–Trinajstić information content (AvgIpc) is 3.04. The molecule has 0 saturated heterocycles. The van der Waals surface area contributed by atoms with Crippen molar-refractivity contribution in [3.8, 4) is 0 Å². The summed E-state index contributed by atoms with van der Waals surface area (Å²) in [5.41, 5.74) is 1.34. The number of benzene rings is 1. The van der Waals surface area contributed by atoms with E-state index >= 15 is 0 Å². The van der Waals surface area contributed by atoms with Crippen LogP contribution in [-0.4, -0.2) is 41.5 Å².